The van der Waals surface area contributed by atoms with E-state index in [-0.39, 0.29) is 11.9 Å². The molecule has 0 unspecified atom stereocenters. The topological polar surface area (TPSA) is 29.5 Å². The molecule has 3 nitrogen and oxygen atoms in total. The molecule has 1 fully saturated rings. The number of methoxy groups -OCH3 is 1. The van der Waals surface area contributed by atoms with Gasteiger partial charge in [-0.3, -0.25) is 4.79 Å². The van der Waals surface area contributed by atoms with Gasteiger partial charge < -0.3 is 9.64 Å². The number of allylic oxidation sites excluding steroid dienone is 1. The predicted octanol–water partition coefficient (Wildman–Crippen LogP) is 6.82. The summed E-state index contributed by atoms with van der Waals surface area (Å²) in [5, 5.41) is 0. The highest BCUT2D eigenvalue weighted by molar-refractivity contribution is 6.11. The summed E-state index contributed by atoms with van der Waals surface area (Å²) in [6.07, 6.45) is 0.519. The van der Waals surface area contributed by atoms with Gasteiger partial charge in [-0.15, -0.1) is 0 Å². The quantitative estimate of drug-likeness (QED) is 0.292. The lowest BCUT2D eigenvalue weighted by atomic mass is 9.60. The minimum atomic E-state index is -0.781. The van der Waals surface area contributed by atoms with Gasteiger partial charge in [-0.1, -0.05) is 97.6 Å². The van der Waals surface area contributed by atoms with Crippen LogP contribution in [0.15, 0.2) is 122 Å². The Kier molecular flexibility index (Phi) is 5.77. The minimum absolute atomic E-state index is 0.0785. The molecule has 4 aromatic rings. The maximum atomic E-state index is 14.2. The molecular weight excluding hydrogens is 418 g/mol. The molecule has 5 rings (SSSR count). The molecule has 1 saturated heterocycles. The van der Waals surface area contributed by atoms with Gasteiger partial charge in [0.2, 0.25) is 5.91 Å². The van der Waals surface area contributed by atoms with Crippen LogP contribution in [-0.4, -0.2) is 13.0 Å². The van der Waals surface area contributed by atoms with Crippen LogP contribution in [0.4, 0.5) is 5.69 Å². The third-order valence-corrected chi connectivity index (χ3v) is 6.75. The van der Waals surface area contributed by atoms with Crippen molar-refractivity contribution in [3.8, 4) is 5.75 Å². The van der Waals surface area contributed by atoms with Gasteiger partial charge >= 0.3 is 0 Å². The van der Waals surface area contributed by atoms with Gasteiger partial charge in [0.25, 0.3) is 0 Å². The molecule has 1 aliphatic heterocycles. The van der Waals surface area contributed by atoms with E-state index < -0.39 is 5.41 Å². The Morgan fingerprint density at radius 3 is 1.97 bits per heavy atom. The summed E-state index contributed by atoms with van der Waals surface area (Å²) in [5.74, 6) is 0.846. The van der Waals surface area contributed by atoms with E-state index in [9.17, 15) is 4.79 Å². The summed E-state index contributed by atoms with van der Waals surface area (Å²) >= 11 is 0. The number of hydrogen-bond donors (Lipinski definition) is 0. The number of nitrogens with zero attached hydrogens (tertiary/aromatic N) is 1. The fourth-order valence-electron chi connectivity index (χ4n) is 5.08. The van der Waals surface area contributed by atoms with Crippen molar-refractivity contribution in [2.45, 2.75) is 17.9 Å². The van der Waals surface area contributed by atoms with Crippen molar-refractivity contribution in [2.24, 2.45) is 0 Å². The van der Waals surface area contributed by atoms with Gasteiger partial charge in [0.15, 0.2) is 0 Å². The fraction of sp³-hybridized carbons (Fsp3) is 0.129. The van der Waals surface area contributed by atoms with Crippen molar-refractivity contribution in [3.63, 3.8) is 0 Å². The SMILES string of the molecule is C=C(C[C@@]1(c2ccc(OC)cc2)C(=O)N(c2ccccc2)[C@@H]1c1ccccc1)c1ccccc1. The summed E-state index contributed by atoms with van der Waals surface area (Å²) in [4.78, 5) is 16.2. The van der Waals surface area contributed by atoms with Crippen molar-refractivity contribution < 1.29 is 9.53 Å². The second-order valence-corrected chi connectivity index (χ2v) is 8.67. The second kappa shape index (κ2) is 9.03. The molecule has 1 aliphatic rings. The Bertz CT molecular complexity index is 1280. The summed E-state index contributed by atoms with van der Waals surface area (Å²) in [6, 6.07) is 38.1. The molecule has 1 amide bonds. The molecule has 168 valence electrons. The van der Waals surface area contributed by atoms with E-state index in [1.54, 1.807) is 7.11 Å². The third kappa shape index (κ3) is 3.60. The van der Waals surface area contributed by atoms with Crippen LogP contribution >= 0.6 is 0 Å². The van der Waals surface area contributed by atoms with Crippen LogP contribution in [-0.2, 0) is 10.2 Å². The van der Waals surface area contributed by atoms with Crippen molar-refractivity contribution in [1.82, 2.24) is 0 Å². The van der Waals surface area contributed by atoms with E-state index >= 15 is 0 Å². The largest absolute Gasteiger partial charge is 0.497 e. The van der Waals surface area contributed by atoms with Gasteiger partial charge in [-0.05, 0) is 52.9 Å². The van der Waals surface area contributed by atoms with E-state index in [2.05, 4.69) is 30.8 Å². The first-order chi connectivity index (χ1) is 16.6. The molecule has 0 radical (unpaired) electrons. The first-order valence-electron chi connectivity index (χ1n) is 11.5. The number of amides is 1. The fourth-order valence-corrected chi connectivity index (χ4v) is 5.08. The van der Waals surface area contributed by atoms with E-state index in [1.807, 2.05) is 95.9 Å². The number of para-hydroxylation sites is 1. The molecule has 0 bridgehead atoms. The lowest BCUT2D eigenvalue weighted by Gasteiger charge is -2.57. The molecule has 0 spiro atoms. The zero-order chi connectivity index (χ0) is 23.5. The highest BCUT2D eigenvalue weighted by atomic mass is 16.5. The normalized spacial score (nSPS) is 19.4. The lowest BCUT2D eigenvalue weighted by Crippen LogP contribution is -2.66. The number of anilines is 1. The molecule has 34 heavy (non-hydrogen) atoms. The van der Waals surface area contributed by atoms with Gasteiger partial charge in [0, 0.05) is 5.69 Å². The van der Waals surface area contributed by atoms with Gasteiger partial charge in [0.05, 0.1) is 13.2 Å². The number of benzene rings is 4. The first-order valence-corrected chi connectivity index (χ1v) is 11.5. The van der Waals surface area contributed by atoms with Crippen LogP contribution in [0.2, 0.25) is 0 Å². The van der Waals surface area contributed by atoms with Crippen LogP contribution in [0.25, 0.3) is 5.57 Å². The van der Waals surface area contributed by atoms with E-state index in [1.165, 1.54) is 0 Å². The number of carbonyl (C=O) groups is 1. The Labute approximate surface area is 200 Å². The molecule has 4 aromatic carbocycles. The summed E-state index contributed by atoms with van der Waals surface area (Å²) in [6.45, 7) is 4.42. The van der Waals surface area contributed by atoms with Crippen molar-refractivity contribution in [1.29, 1.82) is 0 Å². The first kappa shape index (κ1) is 21.7. The average molecular weight is 446 g/mol. The van der Waals surface area contributed by atoms with Crippen LogP contribution in [0.5, 0.6) is 5.75 Å². The maximum Gasteiger partial charge on any atom is 0.241 e. The number of rotatable bonds is 7. The Hall–Kier alpha value is -4.11. The number of carbonyl (C=O) groups excluding carboxylic acids is 1. The number of hydrogen-bond acceptors (Lipinski definition) is 2. The maximum absolute atomic E-state index is 14.2. The smallest absolute Gasteiger partial charge is 0.241 e. The average Bonchev–Trinajstić information content (AvgIpc) is 2.91. The molecule has 2 atom stereocenters. The van der Waals surface area contributed by atoms with Crippen molar-refractivity contribution in [3.05, 3.63) is 139 Å². The predicted molar refractivity (Wildman–Crippen MR) is 138 cm³/mol. The van der Waals surface area contributed by atoms with Crippen LogP contribution in [0.3, 0.4) is 0 Å². The highest BCUT2D eigenvalue weighted by Crippen LogP contribution is 2.57. The Morgan fingerprint density at radius 1 is 0.824 bits per heavy atom. The van der Waals surface area contributed by atoms with E-state index in [0.29, 0.717) is 6.42 Å². The zero-order valence-electron chi connectivity index (χ0n) is 19.2. The monoisotopic (exact) mass is 445 g/mol. The van der Waals surface area contributed by atoms with Crippen molar-refractivity contribution in [2.75, 3.05) is 12.0 Å². The molecule has 0 saturated carbocycles. The molecule has 1 heterocycles. The molecule has 0 N–H and O–H groups in total. The Balaban J connectivity index is 1.68. The zero-order valence-corrected chi connectivity index (χ0v) is 19.2. The number of β-lactam (4-membered cyclic amide) rings is 1. The Morgan fingerprint density at radius 2 is 1.38 bits per heavy atom. The summed E-state index contributed by atoms with van der Waals surface area (Å²) in [7, 11) is 1.65. The third-order valence-electron chi connectivity index (χ3n) is 6.75. The van der Waals surface area contributed by atoms with E-state index in [4.69, 9.17) is 4.74 Å². The van der Waals surface area contributed by atoms with Gasteiger partial charge in [-0.25, -0.2) is 0 Å². The van der Waals surface area contributed by atoms with Crippen molar-refractivity contribution >= 4 is 17.2 Å². The van der Waals surface area contributed by atoms with Gasteiger partial charge in [0.1, 0.15) is 11.2 Å². The molecular formula is C31H27NO2. The molecule has 0 aliphatic carbocycles. The summed E-state index contributed by atoms with van der Waals surface area (Å²) < 4.78 is 5.40. The molecule has 0 aromatic heterocycles. The van der Waals surface area contributed by atoms with Crippen LogP contribution in [0.1, 0.15) is 29.2 Å². The standard InChI is InChI=1S/C31H27NO2/c1-23(24-12-6-3-7-13-24)22-31(26-18-20-28(34-2)21-19-26)29(25-14-8-4-9-15-25)32(30(31)33)27-16-10-5-11-17-27/h3-21,29H,1,22H2,2H3/t29-,31+/m1/s1. The van der Waals surface area contributed by atoms with Crippen LogP contribution < -0.4 is 9.64 Å². The minimum Gasteiger partial charge on any atom is -0.497 e. The second-order valence-electron chi connectivity index (χ2n) is 8.67. The molecule has 3 heteroatoms. The van der Waals surface area contributed by atoms with Gasteiger partial charge in [-0.2, -0.15) is 0 Å². The van der Waals surface area contributed by atoms with Crippen LogP contribution in [0, 0.1) is 0 Å². The lowest BCUT2D eigenvalue weighted by molar-refractivity contribution is -0.133. The highest BCUT2D eigenvalue weighted by Gasteiger charge is 2.62. The van der Waals surface area contributed by atoms with E-state index in [0.717, 1.165) is 33.7 Å². The summed E-state index contributed by atoms with van der Waals surface area (Å²) in [5.41, 5.74) is 4.18. The number of ether oxygens (including phenoxy) is 1.